The number of rotatable bonds is 4. The van der Waals surface area contributed by atoms with Crippen LogP contribution in [0.25, 0.3) is 0 Å². The van der Waals surface area contributed by atoms with Gasteiger partial charge in [-0.3, -0.25) is 0 Å². The van der Waals surface area contributed by atoms with Gasteiger partial charge in [0.15, 0.2) is 12.3 Å². The van der Waals surface area contributed by atoms with Gasteiger partial charge >= 0.3 is 7.80 Å². The minimum atomic E-state index is -1.22. The van der Waals surface area contributed by atoms with Gasteiger partial charge < -0.3 is 0 Å². The van der Waals surface area contributed by atoms with E-state index >= 15 is 0 Å². The topological polar surface area (TPSA) is 17.1 Å². The lowest BCUT2D eigenvalue weighted by atomic mass is 10.1. The fourth-order valence-corrected chi connectivity index (χ4v) is 3.59. The van der Waals surface area contributed by atoms with Crippen LogP contribution in [0.5, 0.6) is 0 Å². The molecule has 0 N–H and O–H groups in total. The Hall–Kier alpha value is -1.46. The fourth-order valence-electron chi connectivity index (χ4n) is 2.01. The quantitative estimate of drug-likeness (QED) is 0.717. The van der Waals surface area contributed by atoms with Crippen molar-refractivity contribution in [2.75, 3.05) is 0 Å². The van der Waals surface area contributed by atoms with E-state index in [1.807, 2.05) is 24.3 Å². The molecule has 0 bridgehead atoms. The lowest BCUT2D eigenvalue weighted by molar-refractivity contribution is 0.586. The van der Waals surface area contributed by atoms with E-state index in [1.165, 1.54) is 22.3 Å². The van der Waals surface area contributed by atoms with Gasteiger partial charge in [-0.25, -0.2) is 0 Å². The van der Waals surface area contributed by atoms with Crippen LogP contribution in [0.3, 0.4) is 0 Å². The predicted molar refractivity (Wildman–Crippen MR) is 77.4 cm³/mol. The van der Waals surface area contributed by atoms with E-state index < -0.39 is 7.80 Å². The third-order valence-electron chi connectivity index (χ3n) is 3.22. The van der Waals surface area contributed by atoms with Gasteiger partial charge in [-0.15, -0.1) is 0 Å². The zero-order valence-corrected chi connectivity index (χ0v) is 11.8. The first kappa shape index (κ1) is 13.0. The van der Waals surface area contributed by atoms with E-state index in [2.05, 4.69) is 38.1 Å². The minimum Gasteiger partial charge on any atom is -0.0740 e. The first-order valence-corrected chi connectivity index (χ1v) is 7.81. The van der Waals surface area contributed by atoms with Gasteiger partial charge in [0.25, 0.3) is 0 Å². The first-order valence-electron chi connectivity index (χ1n) is 6.18. The molecule has 0 saturated heterocycles. The summed E-state index contributed by atoms with van der Waals surface area (Å²) in [7, 11) is -1.22. The number of hydrogen-bond acceptors (Lipinski definition) is 1. The maximum absolute atomic E-state index is 12.2. The SMILES string of the molecule is Cc1ccccc1C[P+](=O)Cc1ccccc1C. The van der Waals surface area contributed by atoms with E-state index in [1.54, 1.807) is 0 Å². The highest BCUT2D eigenvalue weighted by Gasteiger charge is 2.18. The first-order chi connectivity index (χ1) is 8.66. The molecule has 2 heteroatoms. The smallest absolute Gasteiger partial charge is 0.0740 e. The van der Waals surface area contributed by atoms with Crippen molar-refractivity contribution in [2.24, 2.45) is 0 Å². The maximum atomic E-state index is 12.2. The fraction of sp³-hybridized carbons (Fsp3) is 0.250. The van der Waals surface area contributed by atoms with E-state index in [9.17, 15) is 4.57 Å². The third-order valence-corrected chi connectivity index (χ3v) is 4.60. The molecule has 0 unspecified atom stereocenters. The highest BCUT2D eigenvalue weighted by molar-refractivity contribution is 7.42. The van der Waals surface area contributed by atoms with Crippen LogP contribution in [-0.4, -0.2) is 0 Å². The Bertz CT molecular complexity index is 511. The molecule has 0 amide bonds. The molecule has 0 aliphatic carbocycles. The Kier molecular flexibility index (Phi) is 4.28. The van der Waals surface area contributed by atoms with Gasteiger partial charge in [-0.05, 0) is 25.0 Å². The number of aryl methyl sites for hydroxylation is 2. The summed E-state index contributed by atoms with van der Waals surface area (Å²) in [6.45, 7) is 4.15. The van der Waals surface area contributed by atoms with Crippen LogP contribution in [0.1, 0.15) is 22.3 Å². The molecular formula is C16H18OP+. The molecule has 2 aromatic rings. The van der Waals surface area contributed by atoms with E-state index in [4.69, 9.17) is 0 Å². The Morgan fingerprint density at radius 2 is 1.17 bits per heavy atom. The van der Waals surface area contributed by atoms with Crippen LogP contribution >= 0.6 is 7.80 Å². The van der Waals surface area contributed by atoms with E-state index in [-0.39, 0.29) is 0 Å². The third kappa shape index (κ3) is 3.27. The molecule has 18 heavy (non-hydrogen) atoms. The zero-order valence-electron chi connectivity index (χ0n) is 10.9. The van der Waals surface area contributed by atoms with Crippen LogP contribution in [0.4, 0.5) is 0 Å². The summed E-state index contributed by atoms with van der Waals surface area (Å²) < 4.78 is 12.2. The average molecular weight is 257 g/mol. The molecule has 0 heterocycles. The summed E-state index contributed by atoms with van der Waals surface area (Å²) in [5.41, 5.74) is 4.86. The summed E-state index contributed by atoms with van der Waals surface area (Å²) >= 11 is 0. The molecule has 2 rings (SSSR count). The van der Waals surface area contributed by atoms with Gasteiger partial charge in [-0.1, -0.05) is 53.1 Å². The Balaban J connectivity index is 2.06. The molecule has 1 nitrogen and oxygen atoms in total. The predicted octanol–water partition coefficient (Wildman–Crippen LogP) is 4.83. The van der Waals surface area contributed by atoms with Crippen LogP contribution in [0.2, 0.25) is 0 Å². The van der Waals surface area contributed by atoms with Crippen molar-refractivity contribution in [1.29, 1.82) is 0 Å². The molecule has 0 aromatic heterocycles. The summed E-state index contributed by atoms with van der Waals surface area (Å²) in [5.74, 6) is 0. The molecule has 92 valence electrons. The second-order valence-corrected chi connectivity index (χ2v) is 6.25. The van der Waals surface area contributed by atoms with Crippen molar-refractivity contribution < 1.29 is 4.57 Å². The molecular weight excluding hydrogens is 239 g/mol. The van der Waals surface area contributed by atoms with Crippen LogP contribution in [0.15, 0.2) is 48.5 Å². The van der Waals surface area contributed by atoms with E-state index in [0.717, 1.165) is 0 Å². The van der Waals surface area contributed by atoms with Gasteiger partial charge in [0.05, 0.1) is 0 Å². The second kappa shape index (κ2) is 5.93. The molecule has 0 aliphatic heterocycles. The number of benzene rings is 2. The summed E-state index contributed by atoms with van der Waals surface area (Å²) in [5, 5.41) is 0. The highest BCUT2D eigenvalue weighted by atomic mass is 31.1. The highest BCUT2D eigenvalue weighted by Crippen LogP contribution is 2.33. The minimum absolute atomic E-state index is 0.677. The Morgan fingerprint density at radius 1 is 0.778 bits per heavy atom. The molecule has 2 aromatic carbocycles. The molecule has 0 saturated carbocycles. The Morgan fingerprint density at radius 3 is 1.56 bits per heavy atom. The summed E-state index contributed by atoms with van der Waals surface area (Å²) in [4.78, 5) is 0. The van der Waals surface area contributed by atoms with Crippen LogP contribution in [0, 0.1) is 13.8 Å². The van der Waals surface area contributed by atoms with Crippen molar-refractivity contribution in [3.8, 4) is 0 Å². The van der Waals surface area contributed by atoms with Crippen LogP contribution < -0.4 is 0 Å². The van der Waals surface area contributed by atoms with Crippen molar-refractivity contribution >= 4 is 7.80 Å². The lowest BCUT2D eigenvalue weighted by Gasteiger charge is -2.00. The van der Waals surface area contributed by atoms with Crippen LogP contribution in [-0.2, 0) is 16.9 Å². The lowest BCUT2D eigenvalue weighted by Crippen LogP contribution is -1.89. The average Bonchev–Trinajstić information content (AvgIpc) is 2.35. The van der Waals surface area contributed by atoms with Gasteiger partial charge in [0, 0.05) is 11.1 Å². The Labute approximate surface area is 110 Å². The molecule has 0 fully saturated rings. The van der Waals surface area contributed by atoms with Crippen molar-refractivity contribution in [3.63, 3.8) is 0 Å². The van der Waals surface area contributed by atoms with Crippen molar-refractivity contribution in [1.82, 2.24) is 0 Å². The molecule has 0 atom stereocenters. The van der Waals surface area contributed by atoms with Gasteiger partial charge in [0.1, 0.15) is 0 Å². The van der Waals surface area contributed by atoms with Gasteiger partial charge in [-0.2, -0.15) is 0 Å². The van der Waals surface area contributed by atoms with Gasteiger partial charge in [0.2, 0.25) is 0 Å². The second-order valence-electron chi connectivity index (χ2n) is 4.65. The van der Waals surface area contributed by atoms with Crippen molar-refractivity contribution in [2.45, 2.75) is 26.2 Å². The molecule has 0 radical (unpaired) electrons. The normalized spacial score (nSPS) is 10.3. The molecule has 0 aliphatic rings. The molecule has 0 spiro atoms. The largest absolute Gasteiger partial charge is 0.348 e. The zero-order chi connectivity index (χ0) is 13.0. The number of hydrogen-bond donors (Lipinski definition) is 0. The summed E-state index contributed by atoms with van der Waals surface area (Å²) in [6.07, 6.45) is 1.35. The summed E-state index contributed by atoms with van der Waals surface area (Å²) in [6, 6.07) is 16.4. The van der Waals surface area contributed by atoms with Crippen molar-refractivity contribution in [3.05, 3.63) is 70.8 Å². The monoisotopic (exact) mass is 257 g/mol. The maximum Gasteiger partial charge on any atom is 0.348 e. The van der Waals surface area contributed by atoms with E-state index in [0.29, 0.717) is 12.3 Å². The standard InChI is InChI=1S/C16H18OP/c1-13-7-3-5-9-15(13)11-18(17)12-16-10-6-4-8-14(16)2/h3-10H,11-12H2,1-2H3/q+1.